The third kappa shape index (κ3) is 4.64. The van der Waals surface area contributed by atoms with Gasteiger partial charge in [-0.05, 0) is 42.8 Å². The van der Waals surface area contributed by atoms with Gasteiger partial charge in [0.25, 0.3) is 11.8 Å². The molecular formula is C24H18ClN3O2. The summed E-state index contributed by atoms with van der Waals surface area (Å²) in [4.78, 5) is 17.2. The van der Waals surface area contributed by atoms with Crippen molar-refractivity contribution in [2.75, 3.05) is 0 Å². The van der Waals surface area contributed by atoms with Crippen LogP contribution in [0.25, 0.3) is 23.2 Å². The van der Waals surface area contributed by atoms with E-state index >= 15 is 0 Å². The molecule has 6 heteroatoms. The Morgan fingerprint density at radius 3 is 2.37 bits per heavy atom. The van der Waals surface area contributed by atoms with Crippen LogP contribution in [0.5, 0.6) is 0 Å². The first-order valence-electron chi connectivity index (χ1n) is 9.33. The van der Waals surface area contributed by atoms with Gasteiger partial charge in [-0.3, -0.25) is 4.79 Å². The van der Waals surface area contributed by atoms with Gasteiger partial charge in [0.2, 0.25) is 5.82 Å². The summed E-state index contributed by atoms with van der Waals surface area (Å²) < 4.78 is 5.47. The number of benzene rings is 3. The summed E-state index contributed by atoms with van der Waals surface area (Å²) in [5.74, 6) is 0.363. The largest absolute Gasteiger partial charge is 0.332 e. The Labute approximate surface area is 179 Å². The number of hydrogen-bond donors (Lipinski definition) is 1. The highest BCUT2D eigenvalue weighted by Crippen LogP contribution is 2.21. The number of halogens is 1. The Balaban J connectivity index is 1.68. The molecule has 0 saturated heterocycles. The summed E-state index contributed by atoms with van der Waals surface area (Å²) in [6, 6.07) is 24.0. The van der Waals surface area contributed by atoms with Gasteiger partial charge in [-0.25, -0.2) is 0 Å². The van der Waals surface area contributed by atoms with Crippen LogP contribution in [0.3, 0.4) is 0 Å². The molecule has 4 rings (SSSR count). The molecule has 3 aromatic carbocycles. The van der Waals surface area contributed by atoms with Crippen molar-refractivity contribution in [1.29, 1.82) is 0 Å². The first-order chi connectivity index (χ1) is 14.6. The third-order valence-corrected chi connectivity index (χ3v) is 4.68. The zero-order valence-electron chi connectivity index (χ0n) is 16.2. The van der Waals surface area contributed by atoms with E-state index in [9.17, 15) is 4.79 Å². The lowest BCUT2D eigenvalue weighted by Crippen LogP contribution is -2.22. The van der Waals surface area contributed by atoms with Gasteiger partial charge in [0.15, 0.2) is 0 Å². The van der Waals surface area contributed by atoms with Crippen LogP contribution in [-0.4, -0.2) is 16.0 Å². The van der Waals surface area contributed by atoms with Crippen LogP contribution in [0.4, 0.5) is 0 Å². The minimum absolute atomic E-state index is 0.219. The second kappa shape index (κ2) is 8.76. The van der Waals surface area contributed by atoms with Crippen LogP contribution in [0.1, 0.15) is 27.4 Å². The van der Waals surface area contributed by atoms with E-state index in [2.05, 4.69) is 15.5 Å². The fourth-order valence-electron chi connectivity index (χ4n) is 2.81. The van der Waals surface area contributed by atoms with Gasteiger partial charge in [-0.2, -0.15) is 4.98 Å². The summed E-state index contributed by atoms with van der Waals surface area (Å²) in [6.07, 6.45) is 1.80. The zero-order valence-corrected chi connectivity index (χ0v) is 16.9. The maximum Gasteiger partial charge on any atom is 0.274 e. The second-order valence-electron chi connectivity index (χ2n) is 6.72. The number of amides is 1. The van der Waals surface area contributed by atoms with E-state index < -0.39 is 0 Å². The minimum Gasteiger partial charge on any atom is -0.332 e. The SMILES string of the molecule is Cc1ccc(/C=C(\NC(=O)c2ccc(Cl)cc2)c2nc(-c3ccccc3)no2)cc1. The number of aryl methyl sites for hydroxylation is 1. The van der Waals surface area contributed by atoms with Crippen molar-refractivity contribution in [1.82, 2.24) is 15.5 Å². The Kier molecular flexibility index (Phi) is 5.72. The fraction of sp³-hybridized carbons (Fsp3) is 0.0417. The van der Waals surface area contributed by atoms with E-state index in [-0.39, 0.29) is 11.8 Å². The number of carbonyl (C=O) groups is 1. The third-order valence-electron chi connectivity index (χ3n) is 4.43. The van der Waals surface area contributed by atoms with Crippen molar-refractivity contribution in [2.24, 2.45) is 0 Å². The topological polar surface area (TPSA) is 68.0 Å². The number of nitrogens with one attached hydrogen (secondary N) is 1. The first-order valence-corrected chi connectivity index (χ1v) is 9.71. The summed E-state index contributed by atoms with van der Waals surface area (Å²) in [5.41, 5.74) is 3.74. The maximum absolute atomic E-state index is 12.8. The van der Waals surface area contributed by atoms with E-state index in [0.29, 0.717) is 22.1 Å². The Bertz CT molecular complexity index is 1180. The van der Waals surface area contributed by atoms with E-state index in [1.807, 2.05) is 61.5 Å². The van der Waals surface area contributed by atoms with Crippen LogP contribution >= 0.6 is 11.6 Å². The van der Waals surface area contributed by atoms with Crippen molar-refractivity contribution < 1.29 is 9.32 Å². The van der Waals surface area contributed by atoms with Crippen molar-refractivity contribution in [3.05, 3.63) is 106 Å². The number of aromatic nitrogens is 2. The molecule has 148 valence electrons. The van der Waals surface area contributed by atoms with Crippen LogP contribution in [0.15, 0.2) is 83.4 Å². The molecule has 0 aliphatic carbocycles. The number of nitrogens with zero attached hydrogens (tertiary/aromatic N) is 2. The minimum atomic E-state index is -0.301. The van der Waals surface area contributed by atoms with E-state index in [1.54, 1.807) is 30.3 Å². The van der Waals surface area contributed by atoms with Crippen LogP contribution in [0.2, 0.25) is 5.02 Å². The lowest BCUT2D eigenvalue weighted by Gasteiger charge is -2.07. The molecule has 5 nitrogen and oxygen atoms in total. The predicted octanol–water partition coefficient (Wildman–Crippen LogP) is 5.63. The Morgan fingerprint density at radius 1 is 0.967 bits per heavy atom. The molecule has 1 amide bonds. The van der Waals surface area contributed by atoms with Crippen molar-refractivity contribution in [2.45, 2.75) is 6.92 Å². The Hall–Kier alpha value is -3.70. The van der Waals surface area contributed by atoms with Gasteiger partial charge < -0.3 is 9.84 Å². The predicted molar refractivity (Wildman–Crippen MR) is 118 cm³/mol. The molecule has 0 unspecified atom stereocenters. The first kappa shape index (κ1) is 19.6. The molecule has 0 saturated carbocycles. The van der Waals surface area contributed by atoms with Crippen molar-refractivity contribution >= 4 is 29.3 Å². The summed E-state index contributed by atoms with van der Waals surface area (Å²) in [6.45, 7) is 2.01. The van der Waals surface area contributed by atoms with Crippen LogP contribution < -0.4 is 5.32 Å². The standard InChI is InChI=1S/C24H18ClN3O2/c1-16-7-9-17(10-8-16)15-21(26-23(29)19-11-13-20(25)14-12-19)24-27-22(28-30-24)18-5-3-2-4-6-18/h2-15H,1H3,(H,26,29)/b21-15-. The maximum atomic E-state index is 12.8. The molecule has 0 aliphatic heterocycles. The molecule has 0 aliphatic rings. The van der Waals surface area contributed by atoms with Gasteiger partial charge in [0, 0.05) is 16.1 Å². The van der Waals surface area contributed by atoms with Gasteiger partial charge in [-0.1, -0.05) is 76.9 Å². The highest BCUT2D eigenvalue weighted by Gasteiger charge is 2.16. The van der Waals surface area contributed by atoms with E-state index in [4.69, 9.17) is 16.1 Å². The number of carbonyl (C=O) groups excluding carboxylic acids is 1. The van der Waals surface area contributed by atoms with E-state index in [0.717, 1.165) is 16.7 Å². The smallest absolute Gasteiger partial charge is 0.274 e. The van der Waals surface area contributed by atoms with Gasteiger partial charge in [-0.15, -0.1) is 0 Å². The summed E-state index contributed by atoms with van der Waals surface area (Å²) >= 11 is 5.92. The van der Waals surface area contributed by atoms with Gasteiger partial charge in [0.05, 0.1) is 0 Å². The van der Waals surface area contributed by atoms with Crippen LogP contribution in [-0.2, 0) is 0 Å². The number of hydrogen-bond acceptors (Lipinski definition) is 4. The van der Waals surface area contributed by atoms with Crippen molar-refractivity contribution in [3.63, 3.8) is 0 Å². The molecule has 30 heavy (non-hydrogen) atoms. The molecule has 0 fully saturated rings. The molecule has 0 atom stereocenters. The molecule has 0 radical (unpaired) electrons. The molecular weight excluding hydrogens is 398 g/mol. The summed E-state index contributed by atoms with van der Waals surface area (Å²) in [5, 5.41) is 7.50. The Morgan fingerprint density at radius 2 is 1.67 bits per heavy atom. The highest BCUT2D eigenvalue weighted by atomic mass is 35.5. The second-order valence-corrected chi connectivity index (χ2v) is 7.16. The fourth-order valence-corrected chi connectivity index (χ4v) is 2.94. The van der Waals surface area contributed by atoms with Gasteiger partial charge >= 0.3 is 0 Å². The molecule has 1 N–H and O–H groups in total. The highest BCUT2D eigenvalue weighted by molar-refractivity contribution is 6.30. The molecule has 0 spiro atoms. The normalized spacial score (nSPS) is 11.3. The molecule has 1 aromatic heterocycles. The molecule has 0 bridgehead atoms. The molecule has 4 aromatic rings. The lowest BCUT2D eigenvalue weighted by atomic mass is 10.1. The molecule has 1 heterocycles. The van der Waals surface area contributed by atoms with E-state index in [1.165, 1.54) is 0 Å². The van der Waals surface area contributed by atoms with Crippen molar-refractivity contribution in [3.8, 4) is 11.4 Å². The number of rotatable bonds is 5. The van der Waals surface area contributed by atoms with Crippen LogP contribution in [0, 0.1) is 6.92 Å². The average Bonchev–Trinajstić information content (AvgIpc) is 3.26. The monoisotopic (exact) mass is 415 g/mol. The zero-order chi connectivity index (χ0) is 20.9. The summed E-state index contributed by atoms with van der Waals surface area (Å²) in [7, 11) is 0. The quantitative estimate of drug-likeness (QED) is 0.459. The average molecular weight is 416 g/mol. The lowest BCUT2D eigenvalue weighted by molar-refractivity contribution is 0.0973. The van der Waals surface area contributed by atoms with Gasteiger partial charge in [0.1, 0.15) is 5.70 Å².